The van der Waals surface area contributed by atoms with E-state index in [9.17, 15) is 0 Å². The summed E-state index contributed by atoms with van der Waals surface area (Å²) in [6.45, 7) is 7.27. The topological polar surface area (TPSA) is 40.6 Å². The molecule has 0 aliphatic carbocycles. The molecule has 18 heavy (non-hydrogen) atoms. The molecule has 0 spiro atoms. The van der Waals surface area contributed by atoms with E-state index in [1.54, 1.807) is 12.4 Å². The summed E-state index contributed by atoms with van der Waals surface area (Å²) in [5.74, 6) is 0.459. The Kier molecular flexibility index (Phi) is 4.19. The Bertz CT molecular complexity index is 390. The first-order valence-electron chi connectivity index (χ1n) is 6.54. The molecular weight excluding hydrogens is 230 g/mol. The summed E-state index contributed by atoms with van der Waals surface area (Å²) in [7, 11) is 0. The molecule has 0 radical (unpaired) electrons. The van der Waals surface area contributed by atoms with Gasteiger partial charge in [-0.1, -0.05) is 13.8 Å². The largest absolute Gasteiger partial charge is 0.490 e. The van der Waals surface area contributed by atoms with Gasteiger partial charge in [-0.2, -0.15) is 0 Å². The van der Waals surface area contributed by atoms with Crippen LogP contribution in [0.25, 0.3) is 0 Å². The lowest BCUT2D eigenvalue weighted by Crippen LogP contribution is -2.30. The van der Waals surface area contributed by atoms with E-state index in [-0.39, 0.29) is 6.10 Å². The molecule has 0 saturated carbocycles. The van der Waals surface area contributed by atoms with E-state index in [2.05, 4.69) is 18.8 Å². The predicted molar refractivity (Wildman–Crippen MR) is 68.6 cm³/mol. The Hall–Kier alpha value is -1.13. The molecule has 1 atom stereocenters. The van der Waals surface area contributed by atoms with Crippen LogP contribution >= 0.6 is 0 Å². The fourth-order valence-corrected chi connectivity index (χ4v) is 2.12. The molecular formula is C14H21NO3. The second kappa shape index (κ2) is 5.67. The van der Waals surface area contributed by atoms with Crippen molar-refractivity contribution in [2.24, 2.45) is 0 Å². The zero-order valence-electron chi connectivity index (χ0n) is 11.3. The van der Waals surface area contributed by atoms with Crippen LogP contribution in [0.4, 0.5) is 0 Å². The highest BCUT2D eigenvalue weighted by Gasteiger charge is 2.38. The highest BCUT2D eigenvalue weighted by atomic mass is 16.7. The van der Waals surface area contributed by atoms with Crippen LogP contribution in [-0.2, 0) is 9.47 Å². The van der Waals surface area contributed by atoms with Gasteiger partial charge in [-0.05, 0) is 25.8 Å². The highest BCUT2D eigenvalue weighted by Crippen LogP contribution is 2.30. The van der Waals surface area contributed by atoms with E-state index in [4.69, 9.17) is 14.2 Å². The van der Waals surface area contributed by atoms with Crippen LogP contribution in [0.5, 0.6) is 5.75 Å². The van der Waals surface area contributed by atoms with Gasteiger partial charge in [0.05, 0.1) is 6.61 Å². The van der Waals surface area contributed by atoms with Crippen LogP contribution in [0, 0.1) is 6.92 Å². The summed E-state index contributed by atoms with van der Waals surface area (Å²) in [4.78, 5) is 4.04. The smallest absolute Gasteiger partial charge is 0.168 e. The minimum atomic E-state index is -0.401. The molecule has 2 rings (SSSR count). The van der Waals surface area contributed by atoms with E-state index in [1.807, 2.05) is 13.0 Å². The molecule has 1 aliphatic heterocycles. The number of ether oxygens (including phenoxy) is 3. The number of nitrogens with zero attached hydrogens (tertiary/aromatic N) is 1. The number of hydrogen-bond donors (Lipinski definition) is 0. The summed E-state index contributed by atoms with van der Waals surface area (Å²) >= 11 is 0. The molecule has 0 aromatic carbocycles. The van der Waals surface area contributed by atoms with Crippen LogP contribution < -0.4 is 4.74 Å². The lowest BCUT2D eigenvalue weighted by Gasteiger charge is -2.25. The van der Waals surface area contributed by atoms with E-state index in [0.29, 0.717) is 13.2 Å². The Balaban J connectivity index is 1.88. The standard InChI is InChI=1S/C14H21NO3/c1-4-14(5-2)17-10-12(18-14)9-16-13-6-7-15-8-11(13)3/h6-8,12H,4-5,9-10H2,1-3H3. The van der Waals surface area contributed by atoms with Gasteiger partial charge in [0.15, 0.2) is 5.79 Å². The molecule has 1 unspecified atom stereocenters. The fraction of sp³-hybridized carbons (Fsp3) is 0.643. The first-order chi connectivity index (χ1) is 8.69. The maximum Gasteiger partial charge on any atom is 0.168 e. The van der Waals surface area contributed by atoms with Crippen molar-refractivity contribution in [3.63, 3.8) is 0 Å². The van der Waals surface area contributed by atoms with Crippen LogP contribution in [0.15, 0.2) is 18.5 Å². The van der Waals surface area contributed by atoms with Gasteiger partial charge in [0.1, 0.15) is 18.5 Å². The van der Waals surface area contributed by atoms with Gasteiger partial charge in [-0.3, -0.25) is 4.98 Å². The van der Waals surface area contributed by atoms with Gasteiger partial charge >= 0.3 is 0 Å². The number of rotatable bonds is 5. The van der Waals surface area contributed by atoms with Gasteiger partial charge < -0.3 is 14.2 Å². The molecule has 1 aliphatic rings. The lowest BCUT2D eigenvalue weighted by molar-refractivity contribution is -0.174. The van der Waals surface area contributed by atoms with Crippen molar-refractivity contribution in [2.45, 2.75) is 45.5 Å². The summed E-state index contributed by atoms with van der Waals surface area (Å²) in [6.07, 6.45) is 5.28. The molecule has 0 amide bonds. The van der Waals surface area contributed by atoms with Gasteiger partial charge in [-0.15, -0.1) is 0 Å². The van der Waals surface area contributed by atoms with Crippen molar-refractivity contribution in [3.8, 4) is 5.75 Å². The Morgan fingerprint density at radius 3 is 2.83 bits per heavy atom. The first-order valence-corrected chi connectivity index (χ1v) is 6.54. The molecule has 0 bridgehead atoms. The maximum absolute atomic E-state index is 5.95. The van der Waals surface area contributed by atoms with Crippen molar-refractivity contribution >= 4 is 0 Å². The summed E-state index contributed by atoms with van der Waals surface area (Å²) in [5, 5.41) is 0. The zero-order chi connectivity index (χ0) is 13.0. The van der Waals surface area contributed by atoms with Gasteiger partial charge in [0, 0.05) is 18.0 Å². The third kappa shape index (κ3) is 2.82. The Morgan fingerprint density at radius 1 is 1.44 bits per heavy atom. The zero-order valence-corrected chi connectivity index (χ0v) is 11.3. The van der Waals surface area contributed by atoms with Crippen molar-refractivity contribution in [1.29, 1.82) is 0 Å². The Labute approximate surface area is 108 Å². The van der Waals surface area contributed by atoms with Crippen LogP contribution in [0.3, 0.4) is 0 Å². The minimum Gasteiger partial charge on any atom is -0.490 e. The van der Waals surface area contributed by atoms with Gasteiger partial charge in [-0.25, -0.2) is 0 Å². The van der Waals surface area contributed by atoms with Crippen molar-refractivity contribution in [1.82, 2.24) is 4.98 Å². The lowest BCUT2D eigenvalue weighted by atomic mass is 10.1. The molecule has 1 aromatic rings. The van der Waals surface area contributed by atoms with Gasteiger partial charge in [0.25, 0.3) is 0 Å². The number of pyridine rings is 1. The molecule has 4 heteroatoms. The van der Waals surface area contributed by atoms with Crippen molar-refractivity contribution in [3.05, 3.63) is 24.0 Å². The molecule has 100 valence electrons. The molecule has 1 saturated heterocycles. The van der Waals surface area contributed by atoms with E-state index >= 15 is 0 Å². The van der Waals surface area contributed by atoms with Gasteiger partial charge in [0.2, 0.25) is 0 Å². The average molecular weight is 251 g/mol. The molecule has 2 heterocycles. The van der Waals surface area contributed by atoms with E-state index in [1.165, 1.54) is 0 Å². The predicted octanol–water partition coefficient (Wildman–Crippen LogP) is 2.70. The minimum absolute atomic E-state index is 0.0115. The molecule has 0 N–H and O–H groups in total. The number of aromatic nitrogens is 1. The average Bonchev–Trinajstić information content (AvgIpc) is 2.82. The second-order valence-corrected chi connectivity index (χ2v) is 4.62. The van der Waals surface area contributed by atoms with E-state index < -0.39 is 5.79 Å². The summed E-state index contributed by atoms with van der Waals surface area (Å²) < 4.78 is 17.5. The van der Waals surface area contributed by atoms with Crippen LogP contribution in [0.2, 0.25) is 0 Å². The summed E-state index contributed by atoms with van der Waals surface area (Å²) in [6, 6.07) is 1.87. The van der Waals surface area contributed by atoms with Crippen molar-refractivity contribution < 1.29 is 14.2 Å². The fourth-order valence-electron chi connectivity index (χ4n) is 2.12. The van der Waals surface area contributed by atoms with Crippen LogP contribution in [0.1, 0.15) is 32.3 Å². The Morgan fingerprint density at radius 2 is 2.22 bits per heavy atom. The maximum atomic E-state index is 5.95. The third-order valence-electron chi connectivity index (χ3n) is 3.38. The molecule has 1 aromatic heterocycles. The number of hydrogen-bond acceptors (Lipinski definition) is 4. The first kappa shape index (κ1) is 13.3. The van der Waals surface area contributed by atoms with E-state index in [0.717, 1.165) is 24.2 Å². The monoisotopic (exact) mass is 251 g/mol. The molecule has 1 fully saturated rings. The number of aryl methyl sites for hydroxylation is 1. The second-order valence-electron chi connectivity index (χ2n) is 4.62. The van der Waals surface area contributed by atoms with Crippen LogP contribution in [-0.4, -0.2) is 30.1 Å². The third-order valence-corrected chi connectivity index (χ3v) is 3.38. The normalized spacial score (nSPS) is 22.1. The SMILES string of the molecule is CCC1(CC)OCC(COc2ccncc2C)O1. The highest BCUT2D eigenvalue weighted by molar-refractivity contribution is 5.28. The summed E-state index contributed by atoms with van der Waals surface area (Å²) in [5.41, 5.74) is 1.04. The molecule has 4 nitrogen and oxygen atoms in total. The quantitative estimate of drug-likeness (QED) is 0.806. The van der Waals surface area contributed by atoms with Crippen molar-refractivity contribution in [2.75, 3.05) is 13.2 Å².